The first-order valence-electron chi connectivity index (χ1n) is 16.3. The van der Waals surface area contributed by atoms with Gasteiger partial charge in [0.05, 0.1) is 53.9 Å². The standard InChI is InChI=1S/C37H39Cl3N6O8/c1-20-22(17-43-37(3,19-48)35(52)54-5)14-25(38)31(44-20)33(50)46-27-11-7-9-24(30(27)40)23-8-6-10-26(29(23)39)45-32(49)28-13-12-21(15-41-28)16-42-36(2,18-47)34(51)53-4/h6-15,42-43,47-48H,16-19H2,1-5H3,(H,45,49)(H,46,50)/t36-,37-/m0/s1. The molecule has 0 aliphatic rings. The van der Waals surface area contributed by atoms with Crippen LogP contribution in [0.5, 0.6) is 0 Å². The van der Waals surface area contributed by atoms with Crippen molar-refractivity contribution in [2.45, 2.75) is 44.9 Å². The molecular weight excluding hydrogens is 763 g/mol. The highest BCUT2D eigenvalue weighted by atomic mass is 35.5. The molecule has 0 unspecified atom stereocenters. The summed E-state index contributed by atoms with van der Waals surface area (Å²) in [5.74, 6) is -2.44. The van der Waals surface area contributed by atoms with E-state index in [1.807, 2.05) is 0 Å². The molecule has 6 N–H and O–H groups in total. The third kappa shape index (κ3) is 9.51. The van der Waals surface area contributed by atoms with Crippen molar-refractivity contribution in [3.05, 3.63) is 104 Å². The molecule has 2 aromatic heterocycles. The lowest BCUT2D eigenvalue weighted by Crippen LogP contribution is -2.52. The van der Waals surface area contributed by atoms with Crippen LogP contribution in [0, 0.1) is 6.92 Å². The molecule has 0 saturated heterocycles. The Balaban J connectivity index is 1.48. The molecule has 17 heteroatoms. The molecule has 0 spiro atoms. The summed E-state index contributed by atoms with van der Waals surface area (Å²) in [6.07, 6.45) is 1.46. The lowest BCUT2D eigenvalue weighted by Gasteiger charge is -2.26. The summed E-state index contributed by atoms with van der Waals surface area (Å²) in [5.41, 5.74) is 0.502. The van der Waals surface area contributed by atoms with Gasteiger partial charge in [-0.1, -0.05) is 65.1 Å². The zero-order chi connectivity index (χ0) is 39.8. The lowest BCUT2D eigenvalue weighted by molar-refractivity contribution is -0.150. The van der Waals surface area contributed by atoms with E-state index in [0.29, 0.717) is 27.9 Å². The molecule has 0 radical (unpaired) electrons. The molecule has 4 aromatic rings. The highest BCUT2D eigenvalue weighted by Crippen LogP contribution is 2.40. The Hall–Kier alpha value is -4.67. The molecule has 0 aliphatic heterocycles. The van der Waals surface area contributed by atoms with Gasteiger partial charge >= 0.3 is 11.9 Å². The highest BCUT2D eigenvalue weighted by Gasteiger charge is 2.34. The smallest absolute Gasteiger partial charge is 0.328 e. The third-order valence-corrected chi connectivity index (χ3v) is 9.69. The van der Waals surface area contributed by atoms with Crippen molar-refractivity contribution >= 4 is 69.9 Å². The predicted molar refractivity (Wildman–Crippen MR) is 205 cm³/mol. The molecule has 2 atom stereocenters. The quantitative estimate of drug-likeness (QED) is 0.0886. The van der Waals surface area contributed by atoms with E-state index in [9.17, 15) is 29.4 Å². The van der Waals surface area contributed by atoms with Crippen molar-refractivity contribution in [1.82, 2.24) is 20.6 Å². The SMILES string of the molecule is COC(=O)[C@](C)(CO)NCc1ccc(C(=O)Nc2cccc(-c3cccc(NC(=O)c4nc(C)c(CN[C@@](C)(CO)C(=O)OC)cc4Cl)c3Cl)c2Cl)nc1. The Labute approximate surface area is 326 Å². The molecule has 2 heterocycles. The van der Waals surface area contributed by atoms with Gasteiger partial charge in [0.15, 0.2) is 0 Å². The molecule has 2 amide bonds. The molecule has 0 aliphatic carbocycles. The number of anilines is 2. The maximum absolute atomic E-state index is 13.4. The normalized spacial score (nSPS) is 13.3. The fraction of sp³-hybridized carbons (Fsp3) is 0.297. The number of rotatable bonds is 15. The average Bonchev–Trinajstić information content (AvgIpc) is 3.18. The number of carbonyl (C=O) groups is 4. The number of carbonyl (C=O) groups excluding carboxylic acids is 4. The average molecular weight is 802 g/mol. The van der Waals surface area contributed by atoms with Gasteiger partial charge in [-0.05, 0) is 56.2 Å². The summed E-state index contributed by atoms with van der Waals surface area (Å²) in [4.78, 5) is 59.2. The third-order valence-electron chi connectivity index (χ3n) is 8.58. The molecule has 286 valence electrons. The monoisotopic (exact) mass is 800 g/mol. The van der Waals surface area contributed by atoms with Crippen molar-refractivity contribution < 1.29 is 38.9 Å². The molecule has 0 saturated carbocycles. The van der Waals surface area contributed by atoms with Crippen LogP contribution in [0.25, 0.3) is 11.1 Å². The van der Waals surface area contributed by atoms with E-state index in [-0.39, 0.29) is 50.9 Å². The van der Waals surface area contributed by atoms with Crippen molar-refractivity contribution in [3.8, 4) is 11.1 Å². The highest BCUT2D eigenvalue weighted by molar-refractivity contribution is 6.40. The molecule has 0 fully saturated rings. The molecule has 14 nitrogen and oxygen atoms in total. The Morgan fingerprint density at radius 1 is 0.759 bits per heavy atom. The van der Waals surface area contributed by atoms with Gasteiger partial charge in [-0.15, -0.1) is 0 Å². The number of benzene rings is 2. The number of ether oxygens (including phenoxy) is 2. The van der Waals surface area contributed by atoms with Crippen LogP contribution in [0.4, 0.5) is 11.4 Å². The number of aliphatic hydroxyl groups excluding tert-OH is 2. The second-order valence-corrected chi connectivity index (χ2v) is 13.7. The number of nitrogens with zero attached hydrogens (tertiary/aromatic N) is 2. The van der Waals surface area contributed by atoms with Crippen LogP contribution in [0.3, 0.4) is 0 Å². The number of methoxy groups -OCH3 is 2. The van der Waals surface area contributed by atoms with E-state index in [2.05, 4.69) is 31.2 Å². The zero-order valence-electron chi connectivity index (χ0n) is 30.0. The van der Waals surface area contributed by atoms with E-state index in [4.69, 9.17) is 44.3 Å². The number of aromatic nitrogens is 2. The minimum atomic E-state index is -1.36. The van der Waals surface area contributed by atoms with Gasteiger partial charge in [0, 0.05) is 36.1 Å². The van der Waals surface area contributed by atoms with Crippen molar-refractivity contribution in [3.63, 3.8) is 0 Å². The van der Waals surface area contributed by atoms with Crippen LogP contribution in [-0.2, 0) is 32.2 Å². The number of aryl methyl sites for hydroxylation is 1. The van der Waals surface area contributed by atoms with Gasteiger partial charge < -0.3 is 30.3 Å². The first-order valence-corrected chi connectivity index (χ1v) is 17.4. The number of halogens is 3. The minimum absolute atomic E-state index is 0.0430. The summed E-state index contributed by atoms with van der Waals surface area (Å²) < 4.78 is 9.50. The minimum Gasteiger partial charge on any atom is -0.468 e. The fourth-order valence-electron chi connectivity index (χ4n) is 5.08. The fourth-order valence-corrected chi connectivity index (χ4v) is 5.89. The van der Waals surface area contributed by atoms with Crippen molar-refractivity contribution in [1.29, 1.82) is 0 Å². The van der Waals surface area contributed by atoms with Crippen LogP contribution < -0.4 is 21.3 Å². The van der Waals surface area contributed by atoms with E-state index in [1.165, 1.54) is 40.3 Å². The van der Waals surface area contributed by atoms with Crippen LogP contribution in [0.15, 0.2) is 60.8 Å². The van der Waals surface area contributed by atoms with Crippen LogP contribution in [0.1, 0.15) is 51.6 Å². The summed E-state index contributed by atoms with van der Waals surface area (Å²) in [6.45, 7) is 3.96. The number of aliphatic hydroxyl groups is 2. The van der Waals surface area contributed by atoms with E-state index in [1.54, 1.807) is 55.5 Å². The van der Waals surface area contributed by atoms with Crippen molar-refractivity contribution in [2.24, 2.45) is 0 Å². The zero-order valence-corrected chi connectivity index (χ0v) is 32.2. The van der Waals surface area contributed by atoms with Crippen LogP contribution >= 0.6 is 34.8 Å². The van der Waals surface area contributed by atoms with Gasteiger partial charge in [0.2, 0.25) is 0 Å². The molecular formula is C37H39Cl3N6O8. The molecule has 54 heavy (non-hydrogen) atoms. The predicted octanol–water partition coefficient (Wildman–Crippen LogP) is 4.94. The second kappa shape index (κ2) is 18.1. The number of nitrogens with one attached hydrogen (secondary N) is 4. The molecule has 4 rings (SSSR count). The number of hydrogen-bond acceptors (Lipinski definition) is 12. The Bertz CT molecular complexity index is 2050. The lowest BCUT2D eigenvalue weighted by atomic mass is 10.0. The maximum atomic E-state index is 13.4. The summed E-state index contributed by atoms with van der Waals surface area (Å²) >= 11 is 20.1. The molecule has 0 bridgehead atoms. The van der Waals surface area contributed by atoms with E-state index < -0.39 is 48.0 Å². The van der Waals surface area contributed by atoms with Gasteiger partial charge in [-0.2, -0.15) is 0 Å². The number of pyridine rings is 2. The van der Waals surface area contributed by atoms with Gasteiger partial charge in [0.1, 0.15) is 22.5 Å². The summed E-state index contributed by atoms with van der Waals surface area (Å²) in [5, 5.41) is 31.1. The summed E-state index contributed by atoms with van der Waals surface area (Å²) in [7, 11) is 2.45. The molecule has 2 aromatic carbocycles. The number of esters is 2. The summed E-state index contributed by atoms with van der Waals surface area (Å²) in [6, 6.07) is 14.7. The Morgan fingerprint density at radius 2 is 1.28 bits per heavy atom. The van der Waals surface area contributed by atoms with Crippen molar-refractivity contribution in [2.75, 3.05) is 38.1 Å². The largest absolute Gasteiger partial charge is 0.468 e. The maximum Gasteiger partial charge on any atom is 0.328 e. The van der Waals surface area contributed by atoms with Crippen LogP contribution in [0.2, 0.25) is 15.1 Å². The topological polar surface area (TPSA) is 201 Å². The van der Waals surface area contributed by atoms with Gasteiger partial charge in [-0.25, -0.2) is 14.6 Å². The number of hydrogen-bond donors (Lipinski definition) is 6. The van der Waals surface area contributed by atoms with Gasteiger partial charge in [0.25, 0.3) is 11.8 Å². The Morgan fingerprint density at radius 3 is 1.76 bits per heavy atom. The van der Waals surface area contributed by atoms with E-state index >= 15 is 0 Å². The van der Waals surface area contributed by atoms with Crippen LogP contribution in [-0.4, -0.2) is 82.4 Å². The first kappa shape index (κ1) is 42.1. The van der Waals surface area contributed by atoms with Gasteiger partial charge in [-0.3, -0.25) is 25.2 Å². The van der Waals surface area contributed by atoms with E-state index in [0.717, 1.165) is 0 Å². The second-order valence-electron chi connectivity index (χ2n) is 12.5. The number of amides is 2. The Kier molecular flexibility index (Phi) is 14.1. The first-order chi connectivity index (χ1) is 25.6.